The van der Waals surface area contributed by atoms with Gasteiger partial charge in [-0.2, -0.15) is 15.1 Å². The van der Waals surface area contributed by atoms with Gasteiger partial charge < -0.3 is 5.73 Å². The number of hydrogen-bond acceptors (Lipinski definition) is 5. The normalized spacial score (nSPS) is 10.4. The largest absolute Gasteiger partial charge is 0.368 e. The highest BCUT2D eigenvalue weighted by Crippen LogP contribution is 2.15. The van der Waals surface area contributed by atoms with E-state index < -0.39 is 5.69 Å². The number of nitrogens with two attached hydrogens (primary N) is 1. The van der Waals surface area contributed by atoms with Gasteiger partial charge in [0.25, 0.3) is 0 Å². The molecule has 0 aromatic carbocycles. The molecule has 7 nitrogen and oxygen atoms in total. The minimum atomic E-state index is -0.520. The predicted molar refractivity (Wildman–Crippen MR) is 49.4 cm³/mol. The van der Waals surface area contributed by atoms with E-state index in [1.807, 2.05) is 6.92 Å². The van der Waals surface area contributed by atoms with Crippen LogP contribution in [-0.4, -0.2) is 25.1 Å². The molecular formula is C7H8N6O. The Balaban J connectivity index is 2.63. The summed E-state index contributed by atoms with van der Waals surface area (Å²) in [5.41, 5.74) is 6.33. The third kappa shape index (κ3) is 1.35. The first-order valence-corrected chi connectivity index (χ1v) is 3.91. The highest BCUT2D eigenvalue weighted by molar-refractivity contribution is 5.56. The van der Waals surface area contributed by atoms with Gasteiger partial charge in [-0.25, -0.2) is 4.79 Å². The van der Waals surface area contributed by atoms with Gasteiger partial charge in [0.2, 0.25) is 5.95 Å². The van der Waals surface area contributed by atoms with Crippen molar-refractivity contribution in [2.24, 2.45) is 0 Å². The van der Waals surface area contributed by atoms with Gasteiger partial charge in [-0.1, -0.05) is 0 Å². The maximum atomic E-state index is 11.0. The molecule has 0 radical (unpaired) electrons. The van der Waals surface area contributed by atoms with Crippen LogP contribution in [0, 0.1) is 6.92 Å². The van der Waals surface area contributed by atoms with Crippen LogP contribution in [0.1, 0.15) is 5.69 Å². The minimum absolute atomic E-state index is 0.0515. The standard InChI is InChI=1S/C7H8N6O/c1-3-4(2-9-13-3)5-10-6(8)12-7(14)11-5/h2H,1H3,(H,9,13)(H3,8,10,11,12,14). The van der Waals surface area contributed by atoms with Gasteiger partial charge >= 0.3 is 5.69 Å². The van der Waals surface area contributed by atoms with Crippen LogP contribution in [-0.2, 0) is 0 Å². The zero-order valence-corrected chi connectivity index (χ0v) is 7.40. The molecule has 72 valence electrons. The Labute approximate surface area is 78.4 Å². The monoisotopic (exact) mass is 192 g/mol. The number of hydrogen-bond donors (Lipinski definition) is 3. The molecular weight excluding hydrogens is 184 g/mol. The molecule has 2 rings (SSSR count). The molecule has 0 fully saturated rings. The topological polar surface area (TPSA) is 113 Å². The van der Waals surface area contributed by atoms with Gasteiger partial charge in [-0.3, -0.25) is 10.1 Å². The zero-order chi connectivity index (χ0) is 10.1. The van der Waals surface area contributed by atoms with E-state index in [2.05, 4.69) is 25.1 Å². The van der Waals surface area contributed by atoms with Crippen LogP contribution >= 0.6 is 0 Å². The molecule has 0 saturated heterocycles. The van der Waals surface area contributed by atoms with Crippen LogP contribution in [0.5, 0.6) is 0 Å². The number of H-pyrrole nitrogens is 2. The second-order valence-electron chi connectivity index (χ2n) is 2.77. The Hall–Kier alpha value is -2.18. The first kappa shape index (κ1) is 8.42. The second kappa shape index (κ2) is 2.95. The van der Waals surface area contributed by atoms with Gasteiger partial charge in [-0.15, -0.1) is 0 Å². The van der Waals surface area contributed by atoms with Crippen molar-refractivity contribution in [2.45, 2.75) is 6.92 Å². The summed E-state index contributed by atoms with van der Waals surface area (Å²) in [6.45, 7) is 1.82. The number of aromatic amines is 2. The van der Waals surface area contributed by atoms with E-state index in [1.54, 1.807) is 6.20 Å². The number of aromatic nitrogens is 5. The van der Waals surface area contributed by atoms with Crippen LogP contribution in [0.3, 0.4) is 0 Å². The van der Waals surface area contributed by atoms with Crippen LogP contribution in [0.4, 0.5) is 5.95 Å². The van der Waals surface area contributed by atoms with Crippen molar-refractivity contribution in [3.05, 3.63) is 22.4 Å². The van der Waals surface area contributed by atoms with Gasteiger partial charge in [-0.05, 0) is 6.92 Å². The van der Waals surface area contributed by atoms with Crippen molar-refractivity contribution < 1.29 is 0 Å². The minimum Gasteiger partial charge on any atom is -0.368 e. The lowest BCUT2D eigenvalue weighted by Crippen LogP contribution is -2.15. The molecule has 0 aliphatic carbocycles. The molecule has 0 aliphatic rings. The summed E-state index contributed by atoms with van der Waals surface area (Å²) in [7, 11) is 0. The number of nitrogen functional groups attached to an aromatic ring is 1. The number of anilines is 1. The Bertz CT molecular complexity index is 513. The zero-order valence-electron chi connectivity index (χ0n) is 7.40. The summed E-state index contributed by atoms with van der Waals surface area (Å²) in [6, 6.07) is 0. The molecule has 7 heteroatoms. The van der Waals surface area contributed by atoms with Crippen LogP contribution in [0.25, 0.3) is 11.4 Å². The highest BCUT2D eigenvalue weighted by atomic mass is 16.1. The van der Waals surface area contributed by atoms with Gasteiger partial charge in [0, 0.05) is 5.69 Å². The van der Waals surface area contributed by atoms with E-state index in [9.17, 15) is 4.79 Å². The molecule has 0 amide bonds. The molecule has 0 bridgehead atoms. The van der Waals surface area contributed by atoms with Crippen molar-refractivity contribution in [1.82, 2.24) is 25.1 Å². The van der Waals surface area contributed by atoms with E-state index in [0.717, 1.165) is 5.69 Å². The molecule has 0 aliphatic heterocycles. The van der Waals surface area contributed by atoms with Crippen molar-refractivity contribution in [1.29, 1.82) is 0 Å². The van der Waals surface area contributed by atoms with Crippen molar-refractivity contribution >= 4 is 5.95 Å². The van der Waals surface area contributed by atoms with Crippen LogP contribution in [0.15, 0.2) is 11.0 Å². The molecule has 0 spiro atoms. The van der Waals surface area contributed by atoms with E-state index in [0.29, 0.717) is 11.4 Å². The average Bonchev–Trinajstić information content (AvgIpc) is 2.49. The summed E-state index contributed by atoms with van der Waals surface area (Å²) in [6.07, 6.45) is 1.56. The number of nitrogens with zero attached hydrogens (tertiary/aromatic N) is 3. The second-order valence-corrected chi connectivity index (χ2v) is 2.77. The number of aryl methyl sites for hydroxylation is 1. The lowest BCUT2D eigenvalue weighted by atomic mass is 10.2. The first-order chi connectivity index (χ1) is 6.66. The van der Waals surface area contributed by atoms with E-state index >= 15 is 0 Å². The van der Waals surface area contributed by atoms with Crippen molar-refractivity contribution in [3.8, 4) is 11.4 Å². The molecule has 14 heavy (non-hydrogen) atoms. The van der Waals surface area contributed by atoms with Crippen molar-refractivity contribution in [3.63, 3.8) is 0 Å². The third-order valence-electron chi connectivity index (χ3n) is 1.75. The lowest BCUT2D eigenvalue weighted by molar-refractivity contribution is 1.01. The Morgan fingerprint density at radius 3 is 2.79 bits per heavy atom. The summed E-state index contributed by atoms with van der Waals surface area (Å²) < 4.78 is 0. The van der Waals surface area contributed by atoms with Crippen LogP contribution in [0.2, 0.25) is 0 Å². The molecule has 2 aromatic rings. The van der Waals surface area contributed by atoms with E-state index in [-0.39, 0.29) is 5.95 Å². The lowest BCUT2D eigenvalue weighted by Gasteiger charge is -1.97. The quantitative estimate of drug-likeness (QED) is 0.560. The summed E-state index contributed by atoms with van der Waals surface area (Å²) >= 11 is 0. The summed E-state index contributed by atoms with van der Waals surface area (Å²) in [5, 5.41) is 6.54. The molecule has 2 heterocycles. The molecule has 0 unspecified atom stereocenters. The molecule has 0 saturated carbocycles. The SMILES string of the molecule is Cc1[nH]ncc1-c1nc(N)nc(=O)[nH]1. The first-order valence-electron chi connectivity index (χ1n) is 3.91. The van der Waals surface area contributed by atoms with Crippen LogP contribution < -0.4 is 11.4 Å². The van der Waals surface area contributed by atoms with Gasteiger partial charge in [0.1, 0.15) is 5.82 Å². The fourth-order valence-electron chi connectivity index (χ4n) is 1.12. The average molecular weight is 192 g/mol. The summed E-state index contributed by atoms with van der Waals surface area (Å²) in [4.78, 5) is 20.8. The maximum Gasteiger partial charge on any atom is 0.349 e. The van der Waals surface area contributed by atoms with Gasteiger partial charge in [0.15, 0.2) is 0 Å². The fourth-order valence-corrected chi connectivity index (χ4v) is 1.12. The smallest absolute Gasteiger partial charge is 0.349 e. The highest BCUT2D eigenvalue weighted by Gasteiger charge is 2.07. The molecule has 4 N–H and O–H groups in total. The summed E-state index contributed by atoms with van der Waals surface area (Å²) in [5.74, 6) is 0.318. The van der Waals surface area contributed by atoms with Crippen molar-refractivity contribution in [2.75, 3.05) is 5.73 Å². The van der Waals surface area contributed by atoms with Gasteiger partial charge in [0.05, 0.1) is 11.8 Å². The Morgan fingerprint density at radius 1 is 1.43 bits per heavy atom. The Morgan fingerprint density at radius 2 is 2.21 bits per heavy atom. The molecule has 2 aromatic heterocycles. The molecule has 0 atom stereocenters. The fraction of sp³-hybridized carbons (Fsp3) is 0.143. The third-order valence-corrected chi connectivity index (χ3v) is 1.75. The van der Waals surface area contributed by atoms with E-state index in [4.69, 9.17) is 5.73 Å². The Kier molecular flexibility index (Phi) is 1.77. The predicted octanol–water partition coefficient (Wildman–Crippen LogP) is -0.554. The maximum absolute atomic E-state index is 11.0. The number of rotatable bonds is 1. The van der Waals surface area contributed by atoms with E-state index in [1.165, 1.54) is 0 Å². The number of nitrogens with one attached hydrogen (secondary N) is 2.